The molecule has 15 atom stereocenters. The average Bonchev–Trinajstić information content (AvgIpc) is 4.21. The lowest BCUT2D eigenvalue weighted by atomic mass is 9.77. The molecule has 6 aliphatic carbocycles. The molecule has 4 aliphatic heterocycles. The predicted molar refractivity (Wildman–Crippen MR) is 282 cm³/mol. The zero-order valence-electron chi connectivity index (χ0n) is 45.5. The van der Waals surface area contributed by atoms with Crippen molar-refractivity contribution in [2.75, 3.05) is 13.2 Å². The summed E-state index contributed by atoms with van der Waals surface area (Å²) >= 11 is 0. The normalized spacial score (nSPS) is 41.4. The van der Waals surface area contributed by atoms with Gasteiger partial charge in [0, 0.05) is 0 Å². The second-order valence-corrected chi connectivity index (χ2v) is 24.2. The van der Waals surface area contributed by atoms with Crippen molar-refractivity contribution < 1.29 is 49.4 Å². The molecule has 10 rings (SSSR count). The zero-order valence-corrected chi connectivity index (χ0v) is 45.5. The van der Waals surface area contributed by atoms with Gasteiger partial charge in [0.15, 0.2) is 0 Å². The van der Waals surface area contributed by atoms with E-state index in [0.29, 0.717) is 30.0 Å². The van der Waals surface area contributed by atoms with E-state index in [9.17, 15) is 0 Å². The number of epoxide rings is 4. The van der Waals surface area contributed by atoms with E-state index in [1.54, 1.807) is 5.57 Å². The molecule has 0 radical (unpaired) electrons. The van der Waals surface area contributed by atoms with Gasteiger partial charge in [-0.15, -0.1) is 0 Å². The van der Waals surface area contributed by atoms with Gasteiger partial charge in [-0.05, 0) is 226 Å². The highest BCUT2D eigenvalue weighted by Gasteiger charge is 2.60. The zero-order chi connectivity index (χ0) is 51.8. The van der Waals surface area contributed by atoms with E-state index >= 15 is 0 Å². The average molecular weight is 977 g/mol. The van der Waals surface area contributed by atoms with Crippen LogP contribution in [0.3, 0.4) is 0 Å². The maximum absolute atomic E-state index is 8.60. The molecule has 3 saturated carbocycles. The SMILES string of the molecule is C=C(C)[C@@H]1CC=C(C)C(OO)C1.C=C(C)[C@@H]1CCC2(C)OC2C1.C=C(C)[C@H]1C=CC(C)(OO)CC1.C=C1CC[C@@H](C(=C)C)CC1OO.CC12CC[C@@H](C3(C)CO3)CC1O2.CC1=CC[C@H](C2(C)CO2)CC1. The standard InChI is InChI=1S/4C10H16O2.2C10H16O/c1-9-4-3-7(5-8(9)12-9)10(2)6-11-10;1-8(2)9-4-6-10(3,12-11)7-5-9;2*1-7(2)9-5-4-8(3)10(6-9)12-11;1-7(2)8-4-5-10(3)9(6-8)11-10;1-8-3-5-9(6-4-8)10(2)7-11-10/h7-8H,3-6H2,1-2H3;4,6,9,11H,1,5,7H2,2-3H3;4,9-11H,1,5-6H2,2-3H3;9-11H,1,3-6H2,2H3;8-9H,1,4-6H2,2-3H3;3,9H,4-7H2,1-2H3/t7-,8?,9?,10?;3*9-,10?;8-,9?,10?;9-,10?/m101110/s1. The molecular weight excluding hydrogens is 881 g/mol. The van der Waals surface area contributed by atoms with E-state index in [1.807, 2.05) is 40.7 Å². The van der Waals surface area contributed by atoms with Crippen molar-refractivity contribution in [3.05, 3.63) is 96.2 Å². The van der Waals surface area contributed by atoms with Crippen LogP contribution in [-0.4, -0.2) is 81.4 Å². The topological polar surface area (TPSA) is 138 Å². The number of hydrogen-bond donors (Lipinski definition) is 3. The number of ether oxygens (including phenoxy) is 4. The van der Waals surface area contributed by atoms with Crippen molar-refractivity contribution in [3.8, 4) is 0 Å². The van der Waals surface area contributed by atoms with E-state index < -0.39 is 5.60 Å². The number of rotatable bonds is 9. The first kappa shape index (κ1) is 58.4. The summed E-state index contributed by atoms with van der Waals surface area (Å²) in [4.78, 5) is 13.1. The monoisotopic (exact) mass is 977 g/mol. The Kier molecular flexibility index (Phi) is 20.6. The van der Waals surface area contributed by atoms with E-state index in [1.165, 1.54) is 80.1 Å². The van der Waals surface area contributed by atoms with Gasteiger partial charge in [0.25, 0.3) is 0 Å². The van der Waals surface area contributed by atoms with Crippen LogP contribution in [0, 0.1) is 35.5 Å². The van der Waals surface area contributed by atoms with Gasteiger partial charge in [0.05, 0.1) is 47.8 Å². The Morgan fingerprint density at radius 2 is 1.13 bits per heavy atom. The maximum Gasteiger partial charge on any atom is 0.119 e. The van der Waals surface area contributed by atoms with E-state index in [0.717, 1.165) is 87.1 Å². The minimum atomic E-state index is -0.480. The second kappa shape index (κ2) is 24.7. The Labute approximate surface area is 424 Å². The molecule has 0 amide bonds. The van der Waals surface area contributed by atoms with E-state index in [2.05, 4.69) is 107 Å². The van der Waals surface area contributed by atoms with Gasteiger partial charge in [-0.3, -0.25) is 15.8 Å². The molecule has 0 aromatic rings. The highest BCUT2D eigenvalue weighted by atomic mass is 17.1. The van der Waals surface area contributed by atoms with Crippen molar-refractivity contribution in [2.24, 2.45) is 35.5 Å². The van der Waals surface area contributed by atoms with Gasteiger partial charge in [-0.25, -0.2) is 14.7 Å². The van der Waals surface area contributed by atoms with Crippen molar-refractivity contribution in [1.29, 1.82) is 0 Å². The number of hydrogen-bond acceptors (Lipinski definition) is 10. The summed E-state index contributed by atoms with van der Waals surface area (Å²) in [6.45, 7) is 44.8. The van der Waals surface area contributed by atoms with Gasteiger partial charge in [-0.1, -0.05) is 85.1 Å². The Hall–Kier alpha value is -2.48. The first-order valence-electron chi connectivity index (χ1n) is 26.7. The largest absolute Gasteiger partial charge is 0.370 e. The molecule has 10 heteroatoms. The summed E-state index contributed by atoms with van der Waals surface area (Å²) in [5.74, 6) is 3.69. The Balaban J connectivity index is 0.000000156. The summed E-state index contributed by atoms with van der Waals surface area (Å²) in [5, 5.41) is 25.8. The fourth-order valence-electron chi connectivity index (χ4n) is 11.1. The van der Waals surface area contributed by atoms with Crippen LogP contribution < -0.4 is 0 Å². The highest BCUT2D eigenvalue weighted by molar-refractivity contribution is 5.17. The predicted octanol–water partition coefficient (Wildman–Crippen LogP) is 15.1. The molecule has 0 bridgehead atoms. The van der Waals surface area contributed by atoms with Gasteiger partial charge in [0.1, 0.15) is 17.8 Å². The molecule has 396 valence electrons. The molecule has 3 N–H and O–H groups in total. The van der Waals surface area contributed by atoms with Crippen LogP contribution in [0.25, 0.3) is 0 Å². The minimum Gasteiger partial charge on any atom is -0.370 e. The fourth-order valence-corrected chi connectivity index (χ4v) is 11.1. The van der Waals surface area contributed by atoms with Crippen molar-refractivity contribution in [2.45, 2.75) is 231 Å². The summed E-state index contributed by atoms with van der Waals surface area (Å²) < 4.78 is 22.2. The Morgan fingerprint density at radius 1 is 0.586 bits per heavy atom. The summed E-state index contributed by atoms with van der Waals surface area (Å²) in [5.41, 5.74) is 9.07. The molecule has 4 heterocycles. The maximum atomic E-state index is 8.60. The van der Waals surface area contributed by atoms with Crippen LogP contribution in [-0.2, 0) is 33.6 Å². The lowest BCUT2D eigenvalue weighted by Gasteiger charge is -2.29. The quantitative estimate of drug-likeness (QED) is 0.0886. The molecule has 0 aromatic heterocycles. The summed E-state index contributed by atoms with van der Waals surface area (Å²) in [6, 6.07) is 0. The first-order chi connectivity index (χ1) is 32.8. The molecular formula is C60H96O10. The summed E-state index contributed by atoms with van der Waals surface area (Å²) in [6.07, 6.45) is 27.2. The first-order valence-corrected chi connectivity index (χ1v) is 26.7. The van der Waals surface area contributed by atoms with Crippen LogP contribution in [0.2, 0.25) is 0 Å². The molecule has 0 spiro atoms. The molecule has 10 nitrogen and oxygen atoms in total. The third kappa shape index (κ3) is 16.5. The highest BCUT2D eigenvalue weighted by Crippen LogP contribution is 2.54. The van der Waals surface area contributed by atoms with Crippen LogP contribution in [0.15, 0.2) is 96.2 Å². The molecule has 70 heavy (non-hydrogen) atoms. The van der Waals surface area contributed by atoms with Gasteiger partial charge in [-0.2, -0.15) is 0 Å². The Bertz CT molecular complexity index is 1920. The minimum absolute atomic E-state index is 0.125. The van der Waals surface area contributed by atoms with Crippen LogP contribution in [0.4, 0.5) is 0 Å². The van der Waals surface area contributed by atoms with Gasteiger partial charge >= 0.3 is 0 Å². The lowest BCUT2D eigenvalue weighted by Crippen LogP contribution is -2.29. The van der Waals surface area contributed by atoms with Gasteiger partial charge in [0.2, 0.25) is 0 Å². The van der Waals surface area contributed by atoms with Crippen molar-refractivity contribution in [1.82, 2.24) is 0 Å². The molecule has 4 saturated heterocycles. The van der Waals surface area contributed by atoms with Crippen molar-refractivity contribution >= 4 is 0 Å². The molecule has 7 fully saturated rings. The van der Waals surface area contributed by atoms with Crippen LogP contribution in [0.1, 0.15) is 179 Å². The third-order valence-electron chi connectivity index (χ3n) is 17.9. The number of allylic oxidation sites excluding steroid dienone is 8. The smallest absolute Gasteiger partial charge is 0.119 e. The van der Waals surface area contributed by atoms with Crippen molar-refractivity contribution in [3.63, 3.8) is 0 Å². The number of fused-ring (bicyclic) bond motifs is 2. The van der Waals surface area contributed by atoms with Gasteiger partial charge < -0.3 is 18.9 Å². The van der Waals surface area contributed by atoms with Crippen LogP contribution in [0.5, 0.6) is 0 Å². The molecule has 10 aliphatic rings. The molecule has 9 unspecified atom stereocenters. The Morgan fingerprint density at radius 3 is 1.59 bits per heavy atom. The summed E-state index contributed by atoms with van der Waals surface area (Å²) in [7, 11) is 0. The van der Waals surface area contributed by atoms with E-state index in [4.69, 9.17) is 34.7 Å². The fraction of sp³-hybridized carbons (Fsp3) is 0.733. The lowest BCUT2D eigenvalue weighted by molar-refractivity contribution is -0.305. The van der Waals surface area contributed by atoms with E-state index in [-0.39, 0.29) is 34.6 Å². The van der Waals surface area contributed by atoms with Crippen LogP contribution >= 0.6 is 0 Å². The third-order valence-corrected chi connectivity index (χ3v) is 17.9. The molecule has 0 aromatic carbocycles. The second-order valence-electron chi connectivity index (χ2n) is 24.2.